The third-order valence-corrected chi connectivity index (χ3v) is 5.88. The van der Waals surface area contributed by atoms with Crippen molar-refractivity contribution in [2.24, 2.45) is 5.92 Å². The molecule has 21 heavy (non-hydrogen) atoms. The lowest BCUT2D eigenvalue weighted by molar-refractivity contribution is -0.138. The van der Waals surface area contributed by atoms with Gasteiger partial charge in [0.15, 0.2) is 5.78 Å². The average molecular weight is 315 g/mol. The molecule has 2 bridgehead atoms. The molecule has 2 aliphatic rings. The molecular weight excluding hydrogens is 299 g/mol. The van der Waals surface area contributed by atoms with Gasteiger partial charge in [-0.1, -0.05) is 6.42 Å². The summed E-state index contributed by atoms with van der Waals surface area (Å²) in [5.41, 5.74) is -1.31. The molecule has 0 spiro atoms. The summed E-state index contributed by atoms with van der Waals surface area (Å²) in [4.78, 5) is 16.3. The molecule has 0 aliphatic carbocycles. The number of fused-ring (bicyclic) bond motifs is 2. The number of hydrogen-bond acceptors (Lipinski definition) is 3. The van der Waals surface area contributed by atoms with Gasteiger partial charge < -0.3 is 0 Å². The van der Waals surface area contributed by atoms with Crippen molar-refractivity contribution in [1.29, 1.82) is 0 Å². The van der Waals surface area contributed by atoms with Crippen LogP contribution in [-0.2, 0) is 6.18 Å². The van der Waals surface area contributed by atoms with Crippen molar-refractivity contribution in [2.75, 3.05) is 0 Å². The Morgan fingerprint density at radius 2 is 1.90 bits per heavy atom. The first-order valence-corrected chi connectivity index (χ1v) is 8.11. The maximum atomic E-state index is 13.0. The largest absolute Gasteiger partial charge is 0.418 e. The zero-order valence-electron chi connectivity index (χ0n) is 11.4. The van der Waals surface area contributed by atoms with Crippen molar-refractivity contribution in [2.45, 2.75) is 48.8 Å². The van der Waals surface area contributed by atoms with Crippen LogP contribution < -0.4 is 0 Å². The number of halogens is 3. The van der Waals surface area contributed by atoms with Crippen LogP contribution >= 0.6 is 11.8 Å². The van der Waals surface area contributed by atoms with Crippen LogP contribution in [0.1, 0.15) is 48.2 Å². The second kappa shape index (κ2) is 5.63. The second-order valence-electron chi connectivity index (χ2n) is 5.74. The van der Waals surface area contributed by atoms with Gasteiger partial charge in [0.2, 0.25) is 0 Å². The summed E-state index contributed by atoms with van der Waals surface area (Å²) in [5.74, 6) is -0.738. The normalized spacial score (nSPS) is 29.2. The monoisotopic (exact) mass is 315 g/mol. The maximum Gasteiger partial charge on any atom is 0.418 e. The molecule has 0 saturated carbocycles. The van der Waals surface area contributed by atoms with Gasteiger partial charge in [0.1, 0.15) is 5.69 Å². The van der Waals surface area contributed by atoms with E-state index in [-0.39, 0.29) is 5.92 Å². The number of pyridine rings is 1. The minimum atomic E-state index is -4.53. The van der Waals surface area contributed by atoms with E-state index in [1.165, 1.54) is 18.7 Å². The van der Waals surface area contributed by atoms with E-state index in [4.69, 9.17) is 0 Å². The summed E-state index contributed by atoms with van der Waals surface area (Å²) in [6.45, 7) is 0. The highest BCUT2D eigenvalue weighted by Crippen LogP contribution is 2.45. The molecule has 1 aromatic heterocycles. The smallest absolute Gasteiger partial charge is 0.292 e. The van der Waals surface area contributed by atoms with Gasteiger partial charge in [-0.2, -0.15) is 24.9 Å². The topological polar surface area (TPSA) is 30.0 Å². The van der Waals surface area contributed by atoms with E-state index in [0.717, 1.165) is 18.9 Å². The summed E-state index contributed by atoms with van der Waals surface area (Å²) >= 11 is 1.90. The zero-order chi connectivity index (χ0) is 15.0. The number of rotatable bonds is 2. The lowest BCUT2D eigenvalue weighted by Crippen LogP contribution is -2.34. The molecule has 114 valence electrons. The Kier molecular flexibility index (Phi) is 3.99. The van der Waals surface area contributed by atoms with Gasteiger partial charge in [-0.15, -0.1) is 0 Å². The number of alkyl halides is 3. The highest BCUT2D eigenvalue weighted by molar-refractivity contribution is 8.00. The molecule has 1 aromatic rings. The van der Waals surface area contributed by atoms with Crippen LogP contribution in [0.2, 0.25) is 0 Å². The number of aromatic nitrogens is 1. The Balaban J connectivity index is 1.86. The predicted octanol–water partition coefficient (Wildman–Crippen LogP) is 4.35. The molecule has 0 radical (unpaired) electrons. The number of Topliss-reactive ketones (excluding diaryl/α,β-unsaturated/α-hetero) is 1. The first-order valence-electron chi connectivity index (χ1n) is 7.17. The second-order valence-corrected chi connectivity index (χ2v) is 7.35. The minimum Gasteiger partial charge on any atom is -0.292 e. The van der Waals surface area contributed by atoms with Gasteiger partial charge in [0.25, 0.3) is 0 Å². The van der Waals surface area contributed by atoms with E-state index in [1.807, 2.05) is 11.8 Å². The van der Waals surface area contributed by atoms with Crippen molar-refractivity contribution in [3.8, 4) is 0 Å². The highest BCUT2D eigenvalue weighted by Gasteiger charge is 2.40. The number of carbonyl (C=O) groups excluding carboxylic acids is 1. The van der Waals surface area contributed by atoms with E-state index in [0.29, 0.717) is 23.3 Å². The van der Waals surface area contributed by atoms with Crippen molar-refractivity contribution in [3.63, 3.8) is 0 Å². The van der Waals surface area contributed by atoms with Crippen LogP contribution in [0.15, 0.2) is 18.3 Å². The Hall–Kier alpha value is -1.04. The molecule has 2 fully saturated rings. The van der Waals surface area contributed by atoms with Crippen molar-refractivity contribution in [3.05, 3.63) is 29.6 Å². The number of nitrogens with zero attached hydrogens (tertiary/aromatic N) is 1. The van der Waals surface area contributed by atoms with Crippen LogP contribution in [0, 0.1) is 5.92 Å². The van der Waals surface area contributed by atoms with Crippen LogP contribution in [-0.4, -0.2) is 21.3 Å². The fourth-order valence-corrected chi connectivity index (χ4v) is 5.13. The zero-order valence-corrected chi connectivity index (χ0v) is 12.2. The summed E-state index contributed by atoms with van der Waals surface area (Å²) in [5, 5.41) is 0.842. The van der Waals surface area contributed by atoms with E-state index < -0.39 is 23.2 Å². The molecule has 2 nitrogen and oxygen atoms in total. The van der Waals surface area contributed by atoms with Crippen molar-refractivity contribution >= 4 is 17.5 Å². The van der Waals surface area contributed by atoms with Gasteiger partial charge in [0.05, 0.1) is 5.56 Å². The summed E-state index contributed by atoms with van der Waals surface area (Å²) < 4.78 is 39.0. The molecule has 2 saturated heterocycles. The van der Waals surface area contributed by atoms with Gasteiger partial charge in [-0.3, -0.25) is 9.78 Å². The standard InChI is InChI=1S/C15H16F3NOS/c16-15(17,18)12-5-2-6-19-13(12)14(20)9-7-10-3-1-4-11(8-9)21-10/h2,5-6,9-11H,1,3-4,7-8H2. The molecule has 3 rings (SSSR count). The first kappa shape index (κ1) is 14.9. The van der Waals surface area contributed by atoms with E-state index in [1.54, 1.807) is 0 Å². The fourth-order valence-electron chi connectivity index (χ4n) is 3.30. The average Bonchev–Trinajstić information content (AvgIpc) is 2.45. The van der Waals surface area contributed by atoms with Crippen LogP contribution in [0.4, 0.5) is 13.2 Å². The molecule has 2 atom stereocenters. The van der Waals surface area contributed by atoms with Gasteiger partial charge in [-0.05, 0) is 37.8 Å². The highest BCUT2D eigenvalue weighted by atomic mass is 32.2. The third-order valence-electron chi connectivity index (χ3n) is 4.25. The van der Waals surface area contributed by atoms with Crippen LogP contribution in [0.25, 0.3) is 0 Å². The summed E-state index contributed by atoms with van der Waals surface area (Å²) in [6.07, 6.45) is 1.42. The molecule has 2 aliphatic heterocycles. The molecular formula is C15H16F3NOS. The van der Waals surface area contributed by atoms with Crippen molar-refractivity contribution in [1.82, 2.24) is 4.98 Å². The van der Waals surface area contributed by atoms with Gasteiger partial charge in [0, 0.05) is 22.6 Å². The quantitative estimate of drug-likeness (QED) is 0.760. The Bertz CT molecular complexity index is 534. The predicted molar refractivity (Wildman–Crippen MR) is 75.3 cm³/mol. The third kappa shape index (κ3) is 3.10. The fraction of sp³-hybridized carbons (Fsp3) is 0.600. The Morgan fingerprint density at radius 1 is 1.24 bits per heavy atom. The molecule has 0 aromatic carbocycles. The van der Waals surface area contributed by atoms with E-state index in [2.05, 4.69) is 4.98 Å². The van der Waals surface area contributed by atoms with Crippen LogP contribution in [0.5, 0.6) is 0 Å². The summed E-state index contributed by atoms with van der Waals surface area (Å²) in [7, 11) is 0. The van der Waals surface area contributed by atoms with Gasteiger partial charge >= 0.3 is 6.18 Å². The Labute approximate surface area is 125 Å². The van der Waals surface area contributed by atoms with Crippen LogP contribution in [0.3, 0.4) is 0 Å². The molecule has 0 N–H and O–H groups in total. The van der Waals surface area contributed by atoms with Crippen molar-refractivity contribution < 1.29 is 18.0 Å². The molecule has 2 unspecified atom stereocenters. The SMILES string of the molecule is O=C(c1ncccc1C(F)(F)F)C1CC2CCCC(C1)S2. The Morgan fingerprint density at radius 3 is 2.52 bits per heavy atom. The minimum absolute atomic E-state index is 0.308. The lowest BCUT2D eigenvalue weighted by Gasteiger charge is -2.37. The van der Waals surface area contributed by atoms with Gasteiger partial charge in [-0.25, -0.2) is 0 Å². The number of hydrogen-bond donors (Lipinski definition) is 0. The number of thioether (sulfide) groups is 1. The maximum absolute atomic E-state index is 13.0. The lowest BCUT2D eigenvalue weighted by atomic mass is 9.85. The molecule has 0 amide bonds. The number of carbonyl (C=O) groups is 1. The first-order chi connectivity index (χ1) is 9.95. The molecule has 6 heteroatoms. The number of ketones is 1. The summed E-state index contributed by atoms with van der Waals surface area (Å²) in [6, 6.07) is 2.17. The molecule has 3 heterocycles. The van der Waals surface area contributed by atoms with E-state index >= 15 is 0 Å². The van der Waals surface area contributed by atoms with E-state index in [9.17, 15) is 18.0 Å².